The largest absolute Gasteiger partial charge is 0.396 e. The van der Waals surface area contributed by atoms with Crippen LogP contribution in [0.5, 0.6) is 0 Å². The van der Waals surface area contributed by atoms with Gasteiger partial charge in [-0.05, 0) is 19.8 Å². The van der Waals surface area contributed by atoms with Crippen molar-refractivity contribution in [2.24, 2.45) is 5.41 Å². The number of hydrogen-bond donors (Lipinski definition) is 3. The first kappa shape index (κ1) is 15.3. The van der Waals surface area contributed by atoms with Crippen LogP contribution in [-0.4, -0.2) is 35.3 Å². The molecule has 1 fully saturated rings. The molecule has 0 radical (unpaired) electrons. The fraction of sp³-hybridized carbons (Fsp3) is 0.714. The molecule has 20 heavy (non-hydrogen) atoms. The van der Waals surface area contributed by atoms with E-state index in [9.17, 15) is 9.90 Å². The minimum Gasteiger partial charge on any atom is -0.396 e. The fourth-order valence-electron chi connectivity index (χ4n) is 2.68. The van der Waals surface area contributed by atoms with Gasteiger partial charge >= 0.3 is 6.03 Å². The maximum Gasteiger partial charge on any atom is 0.315 e. The van der Waals surface area contributed by atoms with Gasteiger partial charge < -0.3 is 15.7 Å². The number of hydrogen-bond acceptors (Lipinski definition) is 4. The molecule has 1 aliphatic rings. The molecule has 0 saturated heterocycles. The summed E-state index contributed by atoms with van der Waals surface area (Å²) in [6.45, 7) is 4.76. The Kier molecular flexibility index (Phi) is 4.99. The number of amides is 2. The van der Waals surface area contributed by atoms with Crippen LogP contribution in [-0.2, 0) is 6.42 Å². The van der Waals surface area contributed by atoms with Gasteiger partial charge in [-0.2, -0.15) is 0 Å². The van der Waals surface area contributed by atoms with Gasteiger partial charge in [0.25, 0.3) is 0 Å². The second kappa shape index (κ2) is 6.54. The summed E-state index contributed by atoms with van der Waals surface area (Å²) in [5.41, 5.74) is -0.177. The second-order valence-electron chi connectivity index (χ2n) is 5.77. The Labute approximate surface area is 123 Å². The van der Waals surface area contributed by atoms with E-state index in [4.69, 9.17) is 0 Å². The molecule has 0 aromatic carbocycles. The molecule has 1 aromatic heterocycles. The van der Waals surface area contributed by atoms with Crippen molar-refractivity contribution in [3.05, 3.63) is 16.1 Å². The molecule has 1 aromatic rings. The minimum atomic E-state index is -0.177. The highest BCUT2D eigenvalue weighted by molar-refractivity contribution is 7.11. The number of urea groups is 1. The second-order valence-corrected chi connectivity index (χ2v) is 7.09. The molecule has 0 aliphatic heterocycles. The third kappa shape index (κ3) is 3.70. The Balaban J connectivity index is 1.73. The zero-order valence-corrected chi connectivity index (χ0v) is 12.9. The summed E-state index contributed by atoms with van der Waals surface area (Å²) in [7, 11) is 0. The topological polar surface area (TPSA) is 74.2 Å². The number of nitrogens with one attached hydrogen (secondary N) is 2. The maximum absolute atomic E-state index is 11.9. The summed E-state index contributed by atoms with van der Waals surface area (Å²) >= 11 is 1.66. The van der Waals surface area contributed by atoms with Gasteiger partial charge in [-0.15, -0.1) is 11.3 Å². The van der Waals surface area contributed by atoms with Gasteiger partial charge in [0.05, 0.1) is 11.6 Å². The Morgan fingerprint density at radius 3 is 3.10 bits per heavy atom. The molecule has 0 spiro atoms. The molecule has 2 rings (SSSR count). The number of aliphatic hydroxyl groups is 1. The van der Waals surface area contributed by atoms with Crippen LogP contribution >= 0.6 is 11.3 Å². The van der Waals surface area contributed by atoms with Crippen LogP contribution < -0.4 is 10.6 Å². The number of nitrogens with zero attached hydrogens (tertiary/aromatic N) is 1. The highest BCUT2D eigenvalue weighted by Crippen LogP contribution is 2.37. The summed E-state index contributed by atoms with van der Waals surface area (Å²) in [4.78, 5) is 17.3. The number of carbonyl (C=O) groups is 1. The number of carbonyl (C=O) groups excluding carboxylic acids is 1. The maximum atomic E-state index is 11.9. The van der Waals surface area contributed by atoms with Gasteiger partial charge in [0.15, 0.2) is 0 Å². The third-order valence-corrected chi connectivity index (χ3v) is 5.01. The van der Waals surface area contributed by atoms with E-state index >= 15 is 0 Å². The normalized spacial score (nSPS) is 25.6. The van der Waals surface area contributed by atoms with Crippen molar-refractivity contribution in [2.75, 3.05) is 13.2 Å². The van der Waals surface area contributed by atoms with Gasteiger partial charge in [0.2, 0.25) is 0 Å². The van der Waals surface area contributed by atoms with E-state index in [0.717, 1.165) is 30.7 Å². The van der Waals surface area contributed by atoms with Crippen molar-refractivity contribution in [3.63, 3.8) is 0 Å². The molecule has 5 nitrogen and oxygen atoms in total. The summed E-state index contributed by atoms with van der Waals surface area (Å²) < 4.78 is 0. The van der Waals surface area contributed by atoms with Gasteiger partial charge in [0, 0.05) is 35.5 Å². The molecule has 0 bridgehead atoms. The smallest absolute Gasteiger partial charge is 0.315 e. The van der Waals surface area contributed by atoms with Crippen LogP contribution in [0.3, 0.4) is 0 Å². The Morgan fingerprint density at radius 2 is 2.45 bits per heavy atom. The lowest BCUT2D eigenvalue weighted by atomic mass is 9.86. The number of aliphatic hydroxyl groups excluding tert-OH is 1. The average molecular weight is 297 g/mol. The molecular weight excluding hydrogens is 274 g/mol. The lowest BCUT2D eigenvalue weighted by molar-refractivity contribution is 0.121. The van der Waals surface area contributed by atoms with Crippen LogP contribution in [0, 0.1) is 12.3 Å². The van der Waals surface area contributed by atoms with Crippen molar-refractivity contribution >= 4 is 17.4 Å². The zero-order chi connectivity index (χ0) is 14.6. The number of aromatic nitrogens is 1. The number of rotatable bonds is 5. The summed E-state index contributed by atoms with van der Waals surface area (Å²) in [5, 5.41) is 16.4. The highest BCUT2D eigenvalue weighted by atomic mass is 32.1. The standard InChI is InChI=1S/C14H23N3O2S/c1-10-8-16-12(20-10)5-7-15-13(19)17-11-4-3-6-14(11,2)9-18/h8,11,18H,3-7,9H2,1-2H3,(H2,15,17,19). The van der Waals surface area contributed by atoms with E-state index in [-0.39, 0.29) is 24.1 Å². The van der Waals surface area contributed by atoms with Gasteiger partial charge in [-0.1, -0.05) is 13.3 Å². The Morgan fingerprint density at radius 1 is 1.65 bits per heavy atom. The average Bonchev–Trinajstić information content (AvgIpc) is 2.98. The molecule has 1 saturated carbocycles. The van der Waals surface area contributed by atoms with E-state index in [0.29, 0.717) is 6.54 Å². The first-order valence-electron chi connectivity index (χ1n) is 7.10. The van der Waals surface area contributed by atoms with Crippen molar-refractivity contribution < 1.29 is 9.90 Å². The summed E-state index contributed by atoms with van der Waals surface area (Å²) in [6, 6.07) is -0.0838. The van der Waals surface area contributed by atoms with Crippen molar-refractivity contribution in [1.82, 2.24) is 15.6 Å². The molecule has 2 amide bonds. The lowest BCUT2D eigenvalue weighted by Crippen LogP contribution is -2.48. The van der Waals surface area contributed by atoms with Crippen LogP contribution in [0.15, 0.2) is 6.20 Å². The molecule has 3 N–H and O–H groups in total. The third-order valence-electron chi connectivity index (χ3n) is 4.04. The Bertz CT molecular complexity index is 463. The monoisotopic (exact) mass is 297 g/mol. The number of aryl methyl sites for hydroxylation is 1. The quantitative estimate of drug-likeness (QED) is 0.776. The van der Waals surface area contributed by atoms with Gasteiger partial charge in [-0.25, -0.2) is 9.78 Å². The predicted molar refractivity (Wildman–Crippen MR) is 79.9 cm³/mol. The SMILES string of the molecule is Cc1cnc(CCNC(=O)NC2CCCC2(C)CO)s1. The Hall–Kier alpha value is -1.14. The number of thiazole rings is 1. The van der Waals surface area contributed by atoms with E-state index in [1.165, 1.54) is 4.88 Å². The van der Waals surface area contributed by atoms with Gasteiger partial charge in [-0.3, -0.25) is 0 Å². The van der Waals surface area contributed by atoms with Crippen LogP contribution in [0.4, 0.5) is 4.79 Å². The molecule has 1 heterocycles. The lowest BCUT2D eigenvalue weighted by Gasteiger charge is -2.30. The summed E-state index contributed by atoms with van der Waals surface area (Å²) in [5.74, 6) is 0. The van der Waals surface area contributed by atoms with Crippen molar-refractivity contribution in [2.45, 2.75) is 45.6 Å². The summed E-state index contributed by atoms with van der Waals surface area (Å²) in [6.07, 6.45) is 5.57. The van der Waals surface area contributed by atoms with E-state index in [1.54, 1.807) is 11.3 Å². The molecule has 112 valence electrons. The fourth-order valence-corrected chi connectivity index (χ4v) is 3.46. The van der Waals surface area contributed by atoms with Gasteiger partial charge in [0.1, 0.15) is 0 Å². The minimum absolute atomic E-state index is 0.0645. The molecule has 6 heteroatoms. The molecule has 2 atom stereocenters. The molecule has 1 aliphatic carbocycles. The van der Waals surface area contributed by atoms with Crippen molar-refractivity contribution in [1.29, 1.82) is 0 Å². The van der Waals surface area contributed by atoms with E-state index in [2.05, 4.69) is 15.6 Å². The van der Waals surface area contributed by atoms with E-state index in [1.807, 2.05) is 20.0 Å². The van der Waals surface area contributed by atoms with Crippen LogP contribution in [0.2, 0.25) is 0 Å². The first-order chi connectivity index (χ1) is 9.53. The van der Waals surface area contributed by atoms with Crippen LogP contribution in [0.1, 0.15) is 36.1 Å². The highest BCUT2D eigenvalue weighted by Gasteiger charge is 2.38. The zero-order valence-electron chi connectivity index (χ0n) is 12.1. The molecule has 2 unspecified atom stereocenters. The first-order valence-corrected chi connectivity index (χ1v) is 7.92. The van der Waals surface area contributed by atoms with Crippen LogP contribution in [0.25, 0.3) is 0 Å². The van der Waals surface area contributed by atoms with E-state index < -0.39 is 0 Å². The van der Waals surface area contributed by atoms with Crippen molar-refractivity contribution in [3.8, 4) is 0 Å². The molecular formula is C14H23N3O2S. The predicted octanol–water partition coefficient (Wildman–Crippen LogP) is 1.84.